The molecule has 2 atom stereocenters. The lowest BCUT2D eigenvalue weighted by Crippen LogP contribution is -2.20. The van der Waals surface area contributed by atoms with Crippen molar-refractivity contribution in [3.63, 3.8) is 0 Å². The maximum Gasteiger partial charge on any atom is 0.0991 e. The average Bonchev–Trinajstić information content (AvgIpc) is 2.53. The van der Waals surface area contributed by atoms with E-state index in [0.29, 0.717) is 21.2 Å². The standard InChI is InChI=1S/C10H15Cl2NOS/c1-6(3-4-14-2)9(13)7-5-8(11)15-10(7)12/h5-6,9H,3-4,13H2,1-2H3. The summed E-state index contributed by atoms with van der Waals surface area (Å²) < 4.78 is 6.40. The molecule has 0 spiro atoms. The van der Waals surface area contributed by atoms with Crippen LogP contribution in [0.4, 0.5) is 0 Å². The second-order valence-corrected chi connectivity index (χ2v) is 5.85. The highest BCUT2D eigenvalue weighted by Crippen LogP contribution is 2.37. The fraction of sp³-hybridized carbons (Fsp3) is 0.600. The van der Waals surface area contributed by atoms with E-state index in [1.165, 1.54) is 11.3 Å². The van der Waals surface area contributed by atoms with E-state index < -0.39 is 0 Å². The van der Waals surface area contributed by atoms with Gasteiger partial charge in [0.1, 0.15) is 0 Å². The third-order valence-electron chi connectivity index (χ3n) is 2.43. The van der Waals surface area contributed by atoms with E-state index in [9.17, 15) is 0 Å². The van der Waals surface area contributed by atoms with Crippen LogP contribution in [0, 0.1) is 5.92 Å². The zero-order chi connectivity index (χ0) is 11.4. The minimum Gasteiger partial charge on any atom is -0.385 e. The maximum absolute atomic E-state index is 6.10. The Labute approximate surface area is 104 Å². The number of ether oxygens (including phenoxy) is 1. The molecule has 2 nitrogen and oxygen atoms in total. The number of hydrogen-bond acceptors (Lipinski definition) is 3. The van der Waals surface area contributed by atoms with Crippen molar-refractivity contribution in [3.8, 4) is 0 Å². The largest absolute Gasteiger partial charge is 0.385 e. The Morgan fingerprint density at radius 3 is 2.67 bits per heavy atom. The van der Waals surface area contributed by atoms with Crippen LogP contribution in [0.3, 0.4) is 0 Å². The van der Waals surface area contributed by atoms with Crippen molar-refractivity contribution in [2.75, 3.05) is 13.7 Å². The van der Waals surface area contributed by atoms with Crippen LogP contribution < -0.4 is 5.73 Å². The molecule has 5 heteroatoms. The Hall–Kier alpha value is 0.200. The van der Waals surface area contributed by atoms with Gasteiger partial charge in [-0.25, -0.2) is 0 Å². The molecule has 0 aliphatic carbocycles. The molecule has 86 valence electrons. The van der Waals surface area contributed by atoms with Gasteiger partial charge in [-0.15, -0.1) is 11.3 Å². The van der Waals surface area contributed by atoms with E-state index in [1.54, 1.807) is 7.11 Å². The minimum atomic E-state index is -0.0728. The molecule has 0 aliphatic heterocycles. The molecule has 0 amide bonds. The summed E-state index contributed by atoms with van der Waals surface area (Å²) in [5.41, 5.74) is 7.04. The van der Waals surface area contributed by atoms with Crippen LogP contribution in [0.25, 0.3) is 0 Å². The first kappa shape index (κ1) is 13.3. The Morgan fingerprint density at radius 1 is 1.53 bits per heavy atom. The van der Waals surface area contributed by atoms with Gasteiger partial charge in [0, 0.05) is 25.3 Å². The Kier molecular flexibility index (Phi) is 5.36. The Morgan fingerprint density at radius 2 is 2.20 bits per heavy atom. The van der Waals surface area contributed by atoms with Crippen LogP contribution in [-0.4, -0.2) is 13.7 Å². The molecule has 0 aromatic carbocycles. The van der Waals surface area contributed by atoms with Gasteiger partial charge >= 0.3 is 0 Å². The summed E-state index contributed by atoms with van der Waals surface area (Å²) in [4.78, 5) is 0. The molecule has 1 aromatic rings. The molecule has 1 aromatic heterocycles. The molecule has 2 unspecified atom stereocenters. The summed E-state index contributed by atoms with van der Waals surface area (Å²) in [5, 5.41) is 0. The first-order valence-electron chi connectivity index (χ1n) is 4.75. The van der Waals surface area contributed by atoms with Crippen LogP contribution in [0.5, 0.6) is 0 Å². The molecule has 0 saturated heterocycles. The minimum absolute atomic E-state index is 0.0728. The molecule has 0 bridgehead atoms. The number of nitrogens with two attached hydrogens (primary N) is 1. The molecule has 0 fully saturated rings. The first-order chi connectivity index (χ1) is 7.06. The van der Waals surface area contributed by atoms with Crippen LogP contribution in [-0.2, 0) is 4.74 Å². The predicted molar refractivity (Wildman–Crippen MR) is 66.9 cm³/mol. The zero-order valence-corrected chi connectivity index (χ0v) is 11.1. The van der Waals surface area contributed by atoms with Crippen molar-refractivity contribution in [2.24, 2.45) is 11.7 Å². The van der Waals surface area contributed by atoms with Crippen LogP contribution in [0.1, 0.15) is 24.9 Å². The van der Waals surface area contributed by atoms with Gasteiger partial charge in [0.05, 0.1) is 8.67 Å². The summed E-state index contributed by atoms with van der Waals surface area (Å²) in [7, 11) is 1.69. The summed E-state index contributed by atoms with van der Waals surface area (Å²) in [6.07, 6.45) is 0.918. The number of halogens is 2. The van der Waals surface area contributed by atoms with Gasteiger partial charge in [-0.3, -0.25) is 0 Å². The fourth-order valence-corrected chi connectivity index (χ4v) is 2.94. The van der Waals surface area contributed by atoms with E-state index in [4.69, 9.17) is 33.7 Å². The van der Waals surface area contributed by atoms with Gasteiger partial charge in [-0.05, 0) is 18.4 Å². The summed E-state index contributed by atoms with van der Waals surface area (Å²) in [5.74, 6) is 0.327. The lowest BCUT2D eigenvalue weighted by atomic mass is 9.95. The SMILES string of the molecule is COCCC(C)C(N)c1cc(Cl)sc1Cl. The molecule has 15 heavy (non-hydrogen) atoms. The van der Waals surface area contributed by atoms with Gasteiger partial charge < -0.3 is 10.5 Å². The van der Waals surface area contributed by atoms with Crippen molar-refractivity contribution in [1.29, 1.82) is 0 Å². The fourth-order valence-electron chi connectivity index (χ4n) is 1.37. The molecule has 0 radical (unpaired) electrons. The number of rotatable bonds is 5. The van der Waals surface area contributed by atoms with Crippen molar-refractivity contribution < 1.29 is 4.74 Å². The first-order valence-corrected chi connectivity index (χ1v) is 6.32. The van der Waals surface area contributed by atoms with Crippen LogP contribution >= 0.6 is 34.5 Å². The van der Waals surface area contributed by atoms with Gasteiger partial charge in [-0.1, -0.05) is 30.1 Å². The van der Waals surface area contributed by atoms with Crippen LogP contribution in [0.15, 0.2) is 6.07 Å². The maximum atomic E-state index is 6.10. The third-order valence-corrected chi connectivity index (χ3v) is 3.95. The van der Waals surface area contributed by atoms with Crippen molar-refractivity contribution >= 4 is 34.5 Å². The quantitative estimate of drug-likeness (QED) is 0.883. The zero-order valence-electron chi connectivity index (χ0n) is 8.80. The average molecular weight is 268 g/mol. The van der Waals surface area contributed by atoms with E-state index in [0.717, 1.165) is 12.0 Å². The predicted octanol–water partition coefficient (Wildman–Crippen LogP) is 3.73. The second kappa shape index (κ2) is 6.06. The monoisotopic (exact) mass is 267 g/mol. The smallest absolute Gasteiger partial charge is 0.0991 e. The molecule has 1 rings (SSSR count). The van der Waals surface area contributed by atoms with E-state index in [1.807, 2.05) is 6.07 Å². The molecule has 1 heterocycles. The van der Waals surface area contributed by atoms with E-state index in [2.05, 4.69) is 6.92 Å². The number of hydrogen-bond donors (Lipinski definition) is 1. The summed E-state index contributed by atoms with van der Waals surface area (Å²) >= 11 is 13.3. The number of methoxy groups -OCH3 is 1. The van der Waals surface area contributed by atoms with Crippen molar-refractivity contribution in [2.45, 2.75) is 19.4 Å². The molecular formula is C10H15Cl2NOS. The Balaban J connectivity index is 2.66. The topological polar surface area (TPSA) is 35.2 Å². The molecule has 0 aliphatic rings. The summed E-state index contributed by atoms with van der Waals surface area (Å²) in [6.45, 7) is 2.80. The lowest BCUT2D eigenvalue weighted by molar-refractivity contribution is 0.174. The number of thiophene rings is 1. The van der Waals surface area contributed by atoms with Gasteiger partial charge in [0.2, 0.25) is 0 Å². The highest BCUT2D eigenvalue weighted by molar-refractivity contribution is 7.20. The van der Waals surface area contributed by atoms with E-state index >= 15 is 0 Å². The summed E-state index contributed by atoms with van der Waals surface area (Å²) in [6, 6.07) is 1.78. The van der Waals surface area contributed by atoms with Gasteiger partial charge in [0.15, 0.2) is 0 Å². The van der Waals surface area contributed by atoms with Gasteiger partial charge in [-0.2, -0.15) is 0 Å². The van der Waals surface area contributed by atoms with Crippen molar-refractivity contribution in [3.05, 3.63) is 20.3 Å². The molecule has 2 N–H and O–H groups in total. The Bertz CT molecular complexity index is 316. The van der Waals surface area contributed by atoms with E-state index in [-0.39, 0.29) is 6.04 Å². The van der Waals surface area contributed by atoms with Gasteiger partial charge in [0.25, 0.3) is 0 Å². The normalized spacial score (nSPS) is 15.3. The third kappa shape index (κ3) is 3.61. The molecule has 0 saturated carbocycles. The second-order valence-electron chi connectivity index (χ2n) is 3.56. The highest BCUT2D eigenvalue weighted by atomic mass is 35.5. The van der Waals surface area contributed by atoms with Crippen molar-refractivity contribution in [1.82, 2.24) is 0 Å². The van der Waals surface area contributed by atoms with Crippen LogP contribution in [0.2, 0.25) is 8.67 Å². The molecular weight excluding hydrogens is 253 g/mol. The lowest BCUT2D eigenvalue weighted by Gasteiger charge is -2.19. The highest BCUT2D eigenvalue weighted by Gasteiger charge is 2.19.